The van der Waals surface area contributed by atoms with Gasteiger partial charge in [-0.3, -0.25) is 0 Å². The number of benzene rings is 1. The van der Waals surface area contributed by atoms with Crippen LogP contribution >= 0.6 is 11.6 Å². The molecule has 0 aliphatic heterocycles. The third-order valence-corrected chi connectivity index (χ3v) is 3.89. The number of fused-ring (bicyclic) bond motifs is 1. The normalized spacial score (nSPS) is 11.0. The van der Waals surface area contributed by atoms with Crippen LogP contribution in [0, 0.1) is 13.8 Å². The van der Waals surface area contributed by atoms with E-state index in [0.29, 0.717) is 21.9 Å². The zero-order valence-electron chi connectivity index (χ0n) is 11.5. The number of halogens is 1. The van der Waals surface area contributed by atoms with Crippen molar-refractivity contribution in [3.63, 3.8) is 0 Å². The van der Waals surface area contributed by atoms with Gasteiger partial charge in [0.15, 0.2) is 5.69 Å². The number of rotatable bonds is 2. The van der Waals surface area contributed by atoms with Crippen LogP contribution in [0.15, 0.2) is 30.3 Å². The third-order valence-electron chi connectivity index (χ3n) is 3.34. The van der Waals surface area contributed by atoms with Gasteiger partial charge in [-0.15, -0.1) is 0 Å². The van der Waals surface area contributed by atoms with E-state index in [0.717, 1.165) is 11.1 Å². The SMILES string of the molecule is Cc1nn(-c2cc(C(=O)O)nc3ccccc23)c(C)c1Cl. The zero-order chi connectivity index (χ0) is 15.1. The number of aromatic nitrogens is 3. The minimum absolute atomic E-state index is 0.0209. The third kappa shape index (κ3) is 2.15. The average molecular weight is 302 g/mol. The second kappa shape index (κ2) is 4.86. The van der Waals surface area contributed by atoms with Crippen LogP contribution in [-0.4, -0.2) is 25.8 Å². The van der Waals surface area contributed by atoms with Crippen LogP contribution < -0.4 is 0 Å². The molecule has 0 amide bonds. The Morgan fingerprint density at radius 3 is 2.62 bits per heavy atom. The van der Waals surface area contributed by atoms with Gasteiger partial charge < -0.3 is 5.11 Å². The van der Waals surface area contributed by atoms with E-state index in [1.54, 1.807) is 10.7 Å². The summed E-state index contributed by atoms with van der Waals surface area (Å²) in [5, 5.41) is 15.0. The number of aromatic carboxylic acids is 1. The Bertz CT molecular complexity index is 871. The first-order chi connectivity index (χ1) is 9.99. The highest BCUT2D eigenvalue weighted by Crippen LogP contribution is 2.27. The summed E-state index contributed by atoms with van der Waals surface area (Å²) >= 11 is 6.19. The monoisotopic (exact) mass is 301 g/mol. The number of pyridine rings is 1. The van der Waals surface area contributed by atoms with Crippen molar-refractivity contribution in [2.24, 2.45) is 0 Å². The maximum absolute atomic E-state index is 11.3. The van der Waals surface area contributed by atoms with Crippen LogP contribution in [-0.2, 0) is 0 Å². The van der Waals surface area contributed by atoms with Gasteiger partial charge in [0.2, 0.25) is 0 Å². The molecular weight excluding hydrogens is 290 g/mol. The van der Waals surface area contributed by atoms with Gasteiger partial charge in [0.1, 0.15) is 0 Å². The molecule has 21 heavy (non-hydrogen) atoms. The maximum Gasteiger partial charge on any atom is 0.354 e. The average Bonchev–Trinajstić information content (AvgIpc) is 2.73. The molecule has 0 aliphatic carbocycles. The van der Waals surface area contributed by atoms with E-state index in [1.807, 2.05) is 32.0 Å². The summed E-state index contributed by atoms with van der Waals surface area (Å²) < 4.78 is 1.66. The van der Waals surface area contributed by atoms with Crippen LogP contribution in [0.3, 0.4) is 0 Å². The van der Waals surface area contributed by atoms with Gasteiger partial charge in [0.05, 0.1) is 27.6 Å². The highest BCUT2D eigenvalue weighted by molar-refractivity contribution is 6.31. The molecule has 3 rings (SSSR count). The summed E-state index contributed by atoms with van der Waals surface area (Å²) in [5.41, 5.74) is 2.71. The first-order valence-corrected chi connectivity index (χ1v) is 6.72. The molecule has 0 radical (unpaired) electrons. The van der Waals surface area contributed by atoms with E-state index in [2.05, 4.69) is 10.1 Å². The van der Waals surface area contributed by atoms with E-state index in [9.17, 15) is 9.90 Å². The molecule has 0 saturated heterocycles. The molecule has 0 bridgehead atoms. The standard InChI is InChI=1S/C15H12ClN3O2/c1-8-14(16)9(2)19(18-8)13-7-12(15(20)21)17-11-6-4-3-5-10(11)13/h3-7H,1-2H3,(H,20,21). The number of para-hydroxylation sites is 1. The fourth-order valence-corrected chi connectivity index (χ4v) is 2.42. The van der Waals surface area contributed by atoms with E-state index in [1.165, 1.54) is 6.07 Å². The minimum atomic E-state index is -1.07. The number of hydrogen-bond acceptors (Lipinski definition) is 3. The number of nitrogens with zero attached hydrogens (tertiary/aromatic N) is 3. The number of carboxylic acids is 1. The molecular formula is C15H12ClN3O2. The summed E-state index contributed by atoms with van der Waals surface area (Å²) in [6.45, 7) is 3.66. The molecule has 0 atom stereocenters. The summed E-state index contributed by atoms with van der Waals surface area (Å²) in [5.74, 6) is -1.07. The van der Waals surface area contributed by atoms with Crippen LogP contribution in [0.2, 0.25) is 5.02 Å². The Morgan fingerprint density at radius 2 is 2.00 bits per heavy atom. The highest BCUT2D eigenvalue weighted by Gasteiger charge is 2.16. The smallest absolute Gasteiger partial charge is 0.354 e. The molecule has 0 fully saturated rings. The predicted octanol–water partition coefficient (Wildman–Crippen LogP) is 3.39. The topological polar surface area (TPSA) is 68.0 Å². The minimum Gasteiger partial charge on any atom is -0.477 e. The van der Waals surface area contributed by atoms with Crippen LogP contribution in [0.5, 0.6) is 0 Å². The predicted molar refractivity (Wildman–Crippen MR) is 80.3 cm³/mol. The van der Waals surface area contributed by atoms with Gasteiger partial charge in [-0.25, -0.2) is 14.5 Å². The number of hydrogen-bond donors (Lipinski definition) is 1. The van der Waals surface area contributed by atoms with Crippen molar-refractivity contribution in [1.82, 2.24) is 14.8 Å². The molecule has 5 nitrogen and oxygen atoms in total. The van der Waals surface area contributed by atoms with Gasteiger partial charge in [-0.2, -0.15) is 5.10 Å². The lowest BCUT2D eigenvalue weighted by Crippen LogP contribution is -2.06. The van der Waals surface area contributed by atoms with Crippen LogP contribution in [0.4, 0.5) is 0 Å². The fourth-order valence-electron chi connectivity index (χ4n) is 2.30. The highest BCUT2D eigenvalue weighted by atomic mass is 35.5. The van der Waals surface area contributed by atoms with Gasteiger partial charge in [-0.05, 0) is 26.0 Å². The quantitative estimate of drug-likeness (QED) is 0.788. The Hall–Kier alpha value is -2.40. The lowest BCUT2D eigenvalue weighted by molar-refractivity contribution is 0.0691. The van der Waals surface area contributed by atoms with Crippen LogP contribution in [0.1, 0.15) is 21.9 Å². The lowest BCUT2D eigenvalue weighted by atomic mass is 10.1. The zero-order valence-corrected chi connectivity index (χ0v) is 12.2. The lowest BCUT2D eigenvalue weighted by Gasteiger charge is -2.09. The van der Waals surface area contributed by atoms with Gasteiger partial charge in [0, 0.05) is 5.39 Å². The summed E-state index contributed by atoms with van der Waals surface area (Å²) in [7, 11) is 0. The molecule has 1 aromatic carbocycles. The molecule has 0 aliphatic rings. The molecule has 2 aromatic heterocycles. The number of carbonyl (C=O) groups is 1. The molecule has 0 unspecified atom stereocenters. The van der Waals surface area contributed by atoms with Crippen molar-refractivity contribution in [3.05, 3.63) is 52.4 Å². The summed E-state index contributed by atoms with van der Waals surface area (Å²) in [6.07, 6.45) is 0. The molecule has 2 heterocycles. The Balaban J connectivity index is 2.39. The van der Waals surface area contributed by atoms with Gasteiger partial charge in [-0.1, -0.05) is 29.8 Å². The van der Waals surface area contributed by atoms with Crippen LogP contribution in [0.25, 0.3) is 16.6 Å². The van der Waals surface area contributed by atoms with E-state index in [-0.39, 0.29) is 5.69 Å². The number of aryl methyl sites for hydroxylation is 1. The maximum atomic E-state index is 11.3. The van der Waals surface area contributed by atoms with E-state index in [4.69, 9.17) is 11.6 Å². The van der Waals surface area contributed by atoms with Crippen molar-refractivity contribution in [3.8, 4) is 5.69 Å². The van der Waals surface area contributed by atoms with Crippen molar-refractivity contribution in [2.75, 3.05) is 0 Å². The molecule has 1 N–H and O–H groups in total. The van der Waals surface area contributed by atoms with Gasteiger partial charge >= 0.3 is 5.97 Å². The number of carboxylic acid groups (broad SMARTS) is 1. The molecule has 3 aromatic rings. The summed E-state index contributed by atoms with van der Waals surface area (Å²) in [4.78, 5) is 15.4. The molecule has 6 heteroatoms. The first kappa shape index (κ1) is 13.6. The van der Waals surface area contributed by atoms with Crippen molar-refractivity contribution < 1.29 is 9.90 Å². The first-order valence-electron chi connectivity index (χ1n) is 6.34. The fraction of sp³-hybridized carbons (Fsp3) is 0.133. The van der Waals surface area contributed by atoms with Crippen molar-refractivity contribution >= 4 is 28.5 Å². The Kier molecular flexibility index (Phi) is 3.14. The molecule has 106 valence electrons. The van der Waals surface area contributed by atoms with Crippen molar-refractivity contribution in [2.45, 2.75) is 13.8 Å². The van der Waals surface area contributed by atoms with E-state index < -0.39 is 5.97 Å². The Labute approximate surface area is 125 Å². The molecule has 0 spiro atoms. The Morgan fingerprint density at radius 1 is 1.29 bits per heavy atom. The summed E-state index contributed by atoms with van der Waals surface area (Å²) in [6, 6.07) is 8.87. The van der Waals surface area contributed by atoms with Gasteiger partial charge in [0.25, 0.3) is 0 Å². The second-order valence-corrected chi connectivity index (χ2v) is 5.12. The molecule has 0 saturated carbocycles. The van der Waals surface area contributed by atoms with Crippen molar-refractivity contribution in [1.29, 1.82) is 0 Å². The van der Waals surface area contributed by atoms with E-state index >= 15 is 0 Å². The second-order valence-electron chi connectivity index (χ2n) is 4.75. The largest absolute Gasteiger partial charge is 0.477 e.